The Hall–Kier alpha value is -3.31. The van der Waals surface area contributed by atoms with Gasteiger partial charge >= 0.3 is 0 Å². The van der Waals surface area contributed by atoms with E-state index in [1.165, 1.54) is 0 Å². The van der Waals surface area contributed by atoms with Gasteiger partial charge in [-0.3, -0.25) is 9.59 Å². The lowest BCUT2D eigenvalue weighted by Gasteiger charge is -2.33. The summed E-state index contributed by atoms with van der Waals surface area (Å²) in [5.74, 6) is 0.437. The second kappa shape index (κ2) is 12.6. The molecule has 0 aliphatic carbocycles. The number of carbonyl (C=O) groups is 2. The van der Waals surface area contributed by atoms with E-state index < -0.39 is 0 Å². The Kier molecular flexibility index (Phi) is 9.01. The number of carbonyl (C=O) groups excluding carboxylic acids is 2. The fourth-order valence-electron chi connectivity index (χ4n) is 4.63. The molecule has 2 amide bonds. The minimum Gasteiger partial charge on any atom is -0.491 e. The summed E-state index contributed by atoms with van der Waals surface area (Å²) in [5, 5.41) is 0.537. The molecule has 1 aliphatic rings. The lowest BCUT2D eigenvalue weighted by Crippen LogP contribution is -2.45. The van der Waals surface area contributed by atoms with Crippen molar-refractivity contribution in [1.82, 2.24) is 9.80 Å². The van der Waals surface area contributed by atoms with E-state index >= 15 is 0 Å². The van der Waals surface area contributed by atoms with Crippen molar-refractivity contribution in [2.75, 3.05) is 26.7 Å². The van der Waals surface area contributed by atoms with Crippen molar-refractivity contribution in [2.24, 2.45) is 0 Å². The number of fused-ring (bicyclic) bond motifs is 1. The molecule has 0 N–H and O–H groups in total. The summed E-state index contributed by atoms with van der Waals surface area (Å²) in [6.45, 7) is 1.59. The van der Waals surface area contributed by atoms with Crippen LogP contribution in [-0.4, -0.2) is 54.4 Å². The van der Waals surface area contributed by atoms with Crippen LogP contribution in [0, 0.1) is 0 Å². The highest BCUT2D eigenvalue weighted by atomic mass is 35.5. The van der Waals surface area contributed by atoms with Gasteiger partial charge in [0.05, 0.1) is 11.6 Å². The number of nitrogens with zero attached hydrogens (tertiary/aromatic N) is 2. The number of ether oxygens (including phenoxy) is 1. The first kappa shape index (κ1) is 25.8. The summed E-state index contributed by atoms with van der Waals surface area (Å²) in [4.78, 5) is 30.6. The lowest BCUT2D eigenvalue weighted by molar-refractivity contribution is 0.0599. The van der Waals surface area contributed by atoms with E-state index in [1.807, 2.05) is 54.4 Å². The molecule has 0 radical (unpaired) electrons. The molecule has 4 rings (SSSR count). The predicted octanol–water partition coefficient (Wildman–Crippen LogP) is 6.12. The third kappa shape index (κ3) is 6.67. The molecule has 188 valence electrons. The zero-order valence-electron chi connectivity index (χ0n) is 20.7. The number of para-hydroxylation sites is 1. The first-order valence-corrected chi connectivity index (χ1v) is 13.0. The standard InChI is InChI=1S/C30H33ClN2O3/c1-32-18-9-2-3-10-19-33(29(34)24-14-11-15-25(31)21-24)26(20-23-12-5-4-6-13-23)22-36-28-17-8-7-16-27(28)30(32)35/h4-8,11-17,21,26H,2-3,9-10,18-20,22H2,1H3/t26-/m1/s1. The van der Waals surface area contributed by atoms with Gasteiger partial charge in [-0.1, -0.05) is 73.0 Å². The first-order chi connectivity index (χ1) is 17.5. The van der Waals surface area contributed by atoms with Crippen molar-refractivity contribution >= 4 is 23.4 Å². The maximum absolute atomic E-state index is 13.8. The molecule has 0 bridgehead atoms. The Morgan fingerprint density at radius 3 is 2.42 bits per heavy atom. The van der Waals surface area contributed by atoms with Crippen LogP contribution in [0.15, 0.2) is 78.9 Å². The van der Waals surface area contributed by atoms with Crippen molar-refractivity contribution in [3.8, 4) is 5.75 Å². The highest BCUT2D eigenvalue weighted by molar-refractivity contribution is 6.30. The average Bonchev–Trinajstić information content (AvgIpc) is 2.90. The zero-order valence-corrected chi connectivity index (χ0v) is 21.5. The van der Waals surface area contributed by atoms with Crippen molar-refractivity contribution in [2.45, 2.75) is 38.1 Å². The lowest BCUT2D eigenvalue weighted by atomic mass is 10.0. The van der Waals surface area contributed by atoms with Crippen LogP contribution in [0.5, 0.6) is 5.75 Å². The Labute approximate surface area is 218 Å². The number of amides is 2. The van der Waals surface area contributed by atoms with Gasteiger partial charge in [0.25, 0.3) is 11.8 Å². The van der Waals surface area contributed by atoms with Crippen molar-refractivity contribution in [1.29, 1.82) is 0 Å². The molecule has 1 atom stereocenters. The van der Waals surface area contributed by atoms with Crippen molar-refractivity contribution < 1.29 is 14.3 Å². The first-order valence-electron chi connectivity index (χ1n) is 12.6. The fourth-order valence-corrected chi connectivity index (χ4v) is 4.82. The summed E-state index contributed by atoms with van der Waals surface area (Å²) >= 11 is 6.22. The average molecular weight is 505 g/mol. The highest BCUT2D eigenvalue weighted by Crippen LogP contribution is 2.23. The smallest absolute Gasteiger partial charge is 0.257 e. The third-order valence-electron chi connectivity index (χ3n) is 6.63. The molecule has 5 nitrogen and oxygen atoms in total. The molecule has 3 aromatic carbocycles. The predicted molar refractivity (Wildman–Crippen MR) is 144 cm³/mol. The maximum atomic E-state index is 13.8. The minimum atomic E-state index is -0.220. The Balaban J connectivity index is 1.69. The molecule has 36 heavy (non-hydrogen) atoms. The van der Waals surface area contributed by atoms with Crippen LogP contribution in [0.4, 0.5) is 0 Å². The van der Waals surface area contributed by atoms with Gasteiger partial charge in [-0.25, -0.2) is 0 Å². The Bertz CT molecular complexity index is 1170. The van der Waals surface area contributed by atoms with E-state index in [4.69, 9.17) is 16.3 Å². The molecular formula is C30H33ClN2O3. The van der Waals surface area contributed by atoms with E-state index in [-0.39, 0.29) is 24.5 Å². The number of hydrogen-bond donors (Lipinski definition) is 0. The largest absolute Gasteiger partial charge is 0.491 e. The molecule has 1 heterocycles. The summed E-state index contributed by atoms with van der Waals surface area (Å²) in [5.41, 5.74) is 2.24. The summed E-state index contributed by atoms with van der Waals surface area (Å²) in [6.07, 6.45) is 4.42. The minimum absolute atomic E-state index is 0.0471. The van der Waals surface area contributed by atoms with E-state index in [0.29, 0.717) is 41.4 Å². The normalized spacial score (nSPS) is 17.6. The van der Waals surface area contributed by atoms with Crippen LogP contribution in [0.1, 0.15) is 52.0 Å². The molecule has 0 unspecified atom stereocenters. The van der Waals surface area contributed by atoms with Crippen LogP contribution in [0.2, 0.25) is 5.02 Å². The second-order valence-electron chi connectivity index (χ2n) is 9.30. The second-order valence-corrected chi connectivity index (χ2v) is 9.74. The molecule has 0 spiro atoms. The Morgan fingerprint density at radius 2 is 1.64 bits per heavy atom. The molecule has 1 aliphatic heterocycles. The number of benzene rings is 3. The maximum Gasteiger partial charge on any atom is 0.257 e. The van der Waals surface area contributed by atoms with Crippen LogP contribution < -0.4 is 4.74 Å². The van der Waals surface area contributed by atoms with Gasteiger partial charge in [0.15, 0.2) is 0 Å². The van der Waals surface area contributed by atoms with Gasteiger partial charge in [0, 0.05) is 30.7 Å². The summed E-state index contributed by atoms with van der Waals surface area (Å²) in [7, 11) is 1.84. The van der Waals surface area contributed by atoms with Gasteiger partial charge in [0.1, 0.15) is 12.4 Å². The van der Waals surface area contributed by atoms with Gasteiger partial charge in [-0.2, -0.15) is 0 Å². The van der Waals surface area contributed by atoms with E-state index in [0.717, 1.165) is 31.2 Å². The van der Waals surface area contributed by atoms with Gasteiger partial charge in [-0.15, -0.1) is 0 Å². The Morgan fingerprint density at radius 1 is 0.917 bits per heavy atom. The third-order valence-corrected chi connectivity index (χ3v) is 6.86. The molecule has 0 aromatic heterocycles. The van der Waals surface area contributed by atoms with Gasteiger partial charge in [-0.05, 0) is 55.2 Å². The van der Waals surface area contributed by atoms with E-state index in [2.05, 4.69) is 12.1 Å². The van der Waals surface area contributed by atoms with Crippen molar-refractivity contribution in [3.63, 3.8) is 0 Å². The molecule has 0 fully saturated rings. The van der Waals surface area contributed by atoms with Crippen LogP contribution >= 0.6 is 11.6 Å². The summed E-state index contributed by atoms with van der Waals surface area (Å²) < 4.78 is 6.31. The number of rotatable bonds is 3. The number of hydrogen-bond acceptors (Lipinski definition) is 3. The van der Waals surface area contributed by atoms with E-state index in [1.54, 1.807) is 29.2 Å². The van der Waals surface area contributed by atoms with Gasteiger partial charge in [0.2, 0.25) is 0 Å². The molecule has 3 aromatic rings. The van der Waals surface area contributed by atoms with E-state index in [9.17, 15) is 9.59 Å². The number of halogens is 1. The monoisotopic (exact) mass is 504 g/mol. The summed E-state index contributed by atoms with van der Waals surface area (Å²) in [6, 6.07) is 24.4. The zero-order chi connectivity index (χ0) is 25.3. The molecule has 0 saturated carbocycles. The van der Waals surface area contributed by atoms with Crippen molar-refractivity contribution in [3.05, 3.63) is 101 Å². The van der Waals surface area contributed by atoms with Crippen LogP contribution in [-0.2, 0) is 6.42 Å². The van der Waals surface area contributed by atoms with Crippen LogP contribution in [0.3, 0.4) is 0 Å². The topological polar surface area (TPSA) is 49.9 Å². The highest BCUT2D eigenvalue weighted by Gasteiger charge is 2.27. The molecular weight excluding hydrogens is 472 g/mol. The van der Waals surface area contributed by atoms with Gasteiger partial charge < -0.3 is 14.5 Å². The fraction of sp³-hybridized carbons (Fsp3) is 0.333. The SMILES string of the molecule is CN1CCCCCCN(C(=O)c2cccc(Cl)c2)[C@H](Cc2ccccc2)COc2ccccc2C1=O. The quantitative estimate of drug-likeness (QED) is 0.432. The van der Waals surface area contributed by atoms with Crippen LogP contribution in [0.25, 0.3) is 0 Å². The molecule has 0 saturated heterocycles. The molecule has 6 heteroatoms.